The summed E-state index contributed by atoms with van der Waals surface area (Å²) in [4.78, 5) is 15.1. The molecule has 0 aliphatic rings. The highest BCUT2D eigenvalue weighted by Gasteiger charge is 2.19. The van der Waals surface area contributed by atoms with Gasteiger partial charge in [0.2, 0.25) is 8.32 Å². The van der Waals surface area contributed by atoms with E-state index in [0.29, 0.717) is 6.42 Å². The number of carbonyl (C=O) groups excluding carboxylic acids is 1. The molecule has 3 nitrogen and oxygen atoms in total. The van der Waals surface area contributed by atoms with Crippen molar-refractivity contribution >= 4 is 22.5 Å². The Morgan fingerprint density at radius 2 is 1.42 bits per heavy atom. The van der Waals surface area contributed by atoms with Crippen molar-refractivity contribution in [2.75, 3.05) is 6.54 Å². The Morgan fingerprint density at radius 3 is 1.95 bits per heavy atom. The maximum Gasteiger partial charge on any atom is 0.292 e. The van der Waals surface area contributed by atoms with E-state index < -0.39 is 16.6 Å². The van der Waals surface area contributed by atoms with Gasteiger partial charge < -0.3 is 9.41 Å². The van der Waals surface area contributed by atoms with Gasteiger partial charge in [0.15, 0.2) is 0 Å². The highest BCUT2D eigenvalue weighted by molar-refractivity contribution is 6.73. The minimum atomic E-state index is -1.68. The number of carbonyl (C=O) groups is 1. The molecule has 0 rings (SSSR count). The molecule has 0 spiro atoms. The number of unbranched alkanes of at least 4 members (excludes halogenated alkanes) is 4. The van der Waals surface area contributed by atoms with Crippen molar-refractivity contribution < 1.29 is 9.22 Å². The van der Waals surface area contributed by atoms with Gasteiger partial charge in [-0.1, -0.05) is 38.9 Å². The molecule has 0 saturated heterocycles. The Hall–Kier alpha value is -0.136. The molecule has 0 aromatic rings. The molecule has 114 valence electrons. The van der Waals surface area contributed by atoms with Gasteiger partial charge in [-0.15, -0.1) is 0 Å². The van der Waals surface area contributed by atoms with Crippen LogP contribution < -0.4 is 4.98 Å². The van der Waals surface area contributed by atoms with E-state index in [4.69, 9.17) is 4.43 Å². The first kappa shape index (κ1) is 18.9. The molecule has 0 unspecified atom stereocenters. The summed E-state index contributed by atoms with van der Waals surface area (Å²) in [6.45, 7) is 14.3. The summed E-state index contributed by atoms with van der Waals surface area (Å²) in [5.41, 5.74) is 0. The smallest absolute Gasteiger partial charge is 0.292 e. The molecule has 0 fully saturated rings. The fourth-order valence-electron chi connectivity index (χ4n) is 1.78. The van der Waals surface area contributed by atoms with Crippen LogP contribution in [0.15, 0.2) is 0 Å². The molecule has 0 aliphatic carbocycles. The van der Waals surface area contributed by atoms with E-state index in [2.05, 4.69) is 44.3 Å². The molecule has 0 amide bonds. The summed E-state index contributed by atoms with van der Waals surface area (Å²) in [6.07, 6.45) is 6.47. The zero-order valence-electron chi connectivity index (χ0n) is 13.8. The van der Waals surface area contributed by atoms with Crippen molar-refractivity contribution in [3.8, 4) is 0 Å². The van der Waals surface area contributed by atoms with Gasteiger partial charge in [0, 0.05) is 6.42 Å². The van der Waals surface area contributed by atoms with Gasteiger partial charge in [0.25, 0.3) is 5.97 Å². The molecule has 0 radical (unpaired) electrons. The van der Waals surface area contributed by atoms with Crippen LogP contribution in [0.1, 0.15) is 38.5 Å². The summed E-state index contributed by atoms with van der Waals surface area (Å²) >= 11 is 0. The largest absolute Gasteiger partial charge is 0.520 e. The molecule has 0 bridgehead atoms. The van der Waals surface area contributed by atoms with E-state index in [0.717, 1.165) is 19.4 Å². The molecule has 5 heteroatoms. The lowest BCUT2D eigenvalue weighted by molar-refractivity contribution is -0.135. The molecule has 0 atom stereocenters. The Bertz CT molecular complexity index is 257. The minimum absolute atomic E-state index is 0.000402. The van der Waals surface area contributed by atoms with E-state index in [1.165, 1.54) is 19.3 Å². The van der Waals surface area contributed by atoms with Gasteiger partial charge in [-0.05, 0) is 39.0 Å². The number of nitrogens with one attached hydrogen (secondary N) is 1. The van der Waals surface area contributed by atoms with Gasteiger partial charge in [-0.25, -0.2) is 0 Å². The average Bonchev–Trinajstić information content (AvgIpc) is 2.17. The quantitative estimate of drug-likeness (QED) is 0.487. The first-order valence-electron chi connectivity index (χ1n) is 7.57. The summed E-state index contributed by atoms with van der Waals surface area (Å²) < 4.78 is 5.41. The average molecular weight is 304 g/mol. The molecule has 0 aliphatic heterocycles. The van der Waals surface area contributed by atoms with Crippen molar-refractivity contribution in [2.45, 2.75) is 77.8 Å². The zero-order chi connectivity index (χ0) is 14.9. The molecule has 0 saturated carbocycles. The van der Waals surface area contributed by atoms with Crippen molar-refractivity contribution in [2.24, 2.45) is 0 Å². The Labute approximate surface area is 121 Å². The third kappa shape index (κ3) is 15.8. The van der Waals surface area contributed by atoms with Crippen LogP contribution in [0.4, 0.5) is 0 Å². The lowest BCUT2D eigenvalue weighted by atomic mass is 10.1. The van der Waals surface area contributed by atoms with Crippen LogP contribution in [0.2, 0.25) is 39.3 Å². The predicted octanol–water partition coefficient (Wildman–Crippen LogP) is 4.13. The summed E-state index contributed by atoms with van der Waals surface area (Å²) in [5.74, 6) is -0.000402. The fourth-order valence-corrected chi connectivity index (χ4v) is 3.49. The topological polar surface area (TPSA) is 38.3 Å². The zero-order valence-corrected chi connectivity index (χ0v) is 15.8. The Kier molecular flexibility index (Phi) is 8.86. The molecular formula is C14H33NO2Si2. The van der Waals surface area contributed by atoms with Crippen LogP contribution in [0.25, 0.3) is 0 Å². The third-order valence-corrected chi connectivity index (χ3v) is 4.78. The van der Waals surface area contributed by atoms with Crippen LogP contribution in [0.5, 0.6) is 0 Å². The van der Waals surface area contributed by atoms with Gasteiger partial charge in [0.1, 0.15) is 8.24 Å². The van der Waals surface area contributed by atoms with Gasteiger partial charge in [-0.2, -0.15) is 0 Å². The molecule has 19 heavy (non-hydrogen) atoms. The molecule has 0 aromatic carbocycles. The van der Waals surface area contributed by atoms with E-state index in [-0.39, 0.29) is 5.97 Å². The van der Waals surface area contributed by atoms with Crippen LogP contribution >= 0.6 is 0 Å². The van der Waals surface area contributed by atoms with E-state index in [1.54, 1.807) is 0 Å². The summed E-state index contributed by atoms with van der Waals surface area (Å²) in [6, 6.07) is 0. The first-order valence-corrected chi connectivity index (χ1v) is 14.5. The maximum atomic E-state index is 11.5. The van der Waals surface area contributed by atoms with Gasteiger partial charge in [0.05, 0.1) is 0 Å². The molecule has 1 N–H and O–H groups in total. The number of hydrogen-bond acceptors (Lipinski definition) is 3. The van der Waals surface area contributed by atoms with Crippen molar-refractivity contribution in [3.05, 3.63) is 0 Å². The van der Waals surface area contributed by atoms with E-state index in [9.17, 15) is 4.79 Å². The van der Waals surface area contributed by atoms with Crippen LogP contribution in [-0.4, -0.2) is 29.1 Å². The second-order valence-electron chi connectivity index (χ2n) is 7.28. The molecule has 0 heterocycles. The number of rotatable bonds is 10. The van der Waals surface area contributed by atoms with Gasteiger partial charge >= 0.3 is 0 Å². The summed E-state index contributed by atoms with van der Waals surface area (Å²) in [5, 5.41) is 0. The predicted molar refractivity (Wildman–Crippen MR) is 88.5 cm³/mol. The minimum Gasteiger partial charge on any atom is -0.520 e. The summed E-state index contributed by atoms with van der Waals surface area (Å²) in [7, 11) is -2.76. The van der Waals surface area contributed by atoms with Gasteiger partial charge in [-0.3, -0.25) is 4.79 Å². The standard InChI is InChI=1S/C14H33NO2Si2/c1-18(2,3)15-13-11-9-7-8-10-12-14(16)17-19(4,5)6/h15H,7-13H2,1-6H3. The lowest BCUT2D eigenvalue weighted by Crippen LogP contribution is -2.41. The monoisotopic (exact) mass is 303 g/mol. The van der Waals surface area contributed by atoms with Crippen LogP contribution in [-0.2, 0) is 9.22 Å². The first-order chi connectivity index (χ1) is 8.60. The molecule has 0 aromatic heterocycles. The van der Waals surface area contributed by atoms with Crippen molar-refractivity contribution in [3.63, 3.8) is 0 Å². The third-order valence-electron chi connectivity index (χ3n) is 2.63. The Morgan fingerprint density at radius 1 is 0.895 bits per heavy atom. The molecular weight excluding hydrogens is 270 g/mol. The van der Waals surface area contributed by atoms with E-state index in [1.807, 2.05) is 0 Å². The van der Waals surface area contributed by atoms with Crippen LogP contribution in [0.3, 0.4) is 0 Å². The lowest BCUT2D eigenvalue weighted by Gasteiger charge is -2.18. The SMILES string of the molecule is C[Si](C)(C)NCCCCCCCC(=O)O[Si](C)(C)C. The fraction of sp³-hybridized carbons (Fsp3) is 0.929. The van der Waals surface area contributed by atoms with Crippen molar-refractivity contribution in [1.82, 2.24) is 4.98 Å². The van der Waals surface area contributed by atoms with Crippen molar-refractivity contribution in [1.29, 1.82) is 0 Å². The maximum absolute atomic E-state index is 11.5. The number of hydrogen-bond donors (Lipinski definition) is 1. The normalized spacial score (nSPS) is 12.5. The highest BCUT2D eigenvalue weighted by Crippen LogP contribution is 2.09. The second-order valence-corrected chi connectivity index (χ2v) is 16.6. The highest BCUT2D eigenvalue weighted by atomic mass is 28.4. The second kappa shape index (κ2) is 8.92. The van der Waals surface area contributed by atoms with Crippen LogP contribution in [0, 0.1) is 0 Å². The van der Waals surface area contributed by atoms with E-state index >= 15 is 0 Å². The Balaban J connectivity index is 3.35.